The van der Waals surface area contributed by atoms with E-state index >= 15 is 0 Å². The van der Waals surface area contributed by atoms with Gasteiger partial charge < -0.3 is 10.2 Å². The van der Waals surface area contributed by atoms with E-state index in [4.69, 9.17) is 0 Å². The lowest BCUT2D eigenvalue weighted by Crippen LogP contribution is -2.56. The molecule has 0 fully saturated rings. The lowest BCUT2D eigenvalue weighted by molar-refractivity contribution is -0.140. The standard InChI is InChI=1S/C37H43N3O4S2/c1-27-12-16-30(17-13-27)25-39(34(36(42)38-37(3,4)5)24-29-10-8-7-9-11-29)35(41)26-40(31-18-14-28(2)15-19-31)46(43,44)33-22-20-32(45-6)21-23-33/h7-23,34H,24-26H2,1-6H3,(H,38,42)/t34-/m1/s1. The predicted octanol–water partition coefficient (Wildman–Crippen LogP) is 6.78. The van der Waals surface area contributed by atoms with Gasteiger partial charge in [0.15, 0.2) is 0 Å². The molecule has 0 aliphatic carbocycles. The zero-order valence-corrected chi connectivity index (χ0v) is 29.0. The van der Waals surface area contributed by atoms with Gasteiger partial charge >= 0.3 is 0 Å². The fourth-order valence-corrected chi connectivity index (χ4v) is 6.83. The second kappa shape index (κ2) is 15.0. The summed E-state index contributed by atoms with van der Waals surface area (Å²) in [5.41, 5.74) is 3.55. The summed E-state index contributed by atoms with van der Waals surface area (Å²) in [4.78, 5) is 31.1. The first kappa shape index (κ1) is 34.8. The summed E-state index contributed by atoms with van der Waals surface area (Å²) in [5, 5.41) is 3.06. The van der Waals surface area contributed by atoms with Gasteiger partial charge in [-0.2, -0.15) is 0 Å². The van der Waals surface area contributed by atoms with Gasteiger partial charge in [-0.25, -0.2) is 8.42 Å². The van der Waals surface area contributed by atoms with Crippen molar-refractivity contribution < 1.29 is 18.0 Å². The molecule has 0 unspecified atom stereocenters. The third-order valence-corrected chi connectivity index (χ3v) is 10.0. The van der Waals surface area contributed by atoms with Crippen molar-refractivity contribution in [2.75, 3.05) is 17.1 Å². The largest absolute Gasteiger partial charge is 0.350 e. The van der Waals surface area contributed by atoms with Crippen LogP contribution in [0, 0.1) is 13.8 Å². The Balaban J connectivity index is 1.81. The molecule has 0 heterocycles. The number of amides is 2. The van der Waals surface area contributed by atoms with Gasteiger partial charge in [0.2, 0.25) is 11.8 Å². The van der Waals surface area contributed by atoms with E-state index in [1.165, 1.54) is 16.7 Å². The number of anilines is 1. The van der Waals surface area contributed by atoms with Gasteiger partial charge in [-0.05, 0) is 88.4 Å². The first-order chi connectivity index (χ1) is 21.8. The molecule has 0 aromatic heterocycles. The summed E-state index contributed by atoms with van der Waals surface area (Å²) in [6.45, 7) is 9.21. The van der Waals surface area contributed by atoms with Crippen molar-refractivity contribution >= 4 is 39.3 Å². The number of thioether (sulfide) groups is 1. The van der Waals surface area contributed by atoms with Crippen molar-refractivity contribution in [3.05, 3.63) is 125 Å². The van der Waals surface area contributed by atoms with E-state index in [1.807, 2.05) is 108 Å². The summed E-state index contributed by atoms with van der Waals surface area (Å²) >= 11 is 1.51. The van der Waals surface area contributed by atoms with Crippen molar-refractivity contribution in [3.63, 3.8) is 0 Å². The first-order valence-corrected chi connectivity index (χ1v) is 17.9. The monoisotopic (exact) mass is 657 g/mol. The summed E-state index contributed by atoms with van der Waals surface area (Å²) in [5.74, 6) is -0.801. The van der Waals surface area contributed by atoms with Crippen LogP contribution in [0.3, 0.4) is 0 Å². The zero-order valence-electron chi connectivity index (χ0n) is 27.4. The molecule has 7 nitrogen and oxygen atoms in total. The van der Waals surface area contributed by atoms with Crippen LogP contribution < -0.4 is 9.62 Å². The van der Waals surface area contributed by atoms with Crippen LogP contribution in [0.15, 0.2) is 113 Å². The smallest absolute Gasteiger partial charge is 0.264 e. The number of sulfonamides is 1. The molecule has 4 rings (SSSR count). The quantitative estimate of drug-likeness (QED) is 0.170. The zero-order chi connectivity index (χ0) is 33.5. The Kier molecular flexibility index (Phi) is 11.3. The Hall–Kier alpha value is -4.08. The maximum absolute atomic E-state index is 14.6. The van der Waals surface area contributed by atoms with Crippen LogP contribution in [0.25, 0.3) is 0 Å². The fourth-order valence-electron chi connectivity index (χ4n) is 5.01. The molecule has 0 spiro atoms. The number of hydrogen-bond donors (Lipinski definition) is 1. The van der Waals surface area contributed by atoms with Gasteiger partial charge in [-0.1, -0.05) is 77.9 Å². The molecule has 2 amide bonds. The van der Waals surface area contributed by atoms with Crippen LogP contribution in [0.1, 0.15) is 43.0 Å². The van der Waals surface area contributed by atoms with E-state index in [2.05, 4.69) is 5.32 Å². The third kappa shape index (κ3) is 9.23. The summed E-state index contributed by atoms with van der Waals surface area (Å²) < 4.78 is 29.6. The molecule has 242 valence electrons. The highest BCUT2D eigenvalue weighted by atomic mass is 32.2. The molecule has 46 heavy (non-hydrogen) atoms. The summed E-state index contributed by atoms with van der Waals surface area (Å²) in [7, 11) is -4.16. The minimum absolute atomic E-state index is 0.0788. The molecular weight excluding hydrogens is 615 g/mol. The molecule has 0 saturated heterocycles. The van der Waals surface area contributed by atoms with Crippen LogP contribution in [0.4, 0.5) is 5.69 Å². The predicted molar refractivity (Wildman–Crippen MR) is 187 cm³/mol. The summed E-state index contributed by atoms with van der Waals surface area (Å²) in [6, 6.07) is 30.1. The molecular formula is C37H43N3O4S2. The van der Waals surface area contributed by atoms with Gasteiger partial charge in [0.05, 0.1) is 10.6 Å². The maximum atomic E-state index is 14.6. The highest BCUT2D eigenvalue weighted by Gasteiger charge is 2.35. The van der Waals surface area contributed by atoms with E-state index in [0.717, 1.165) is 31.5 Å². The third-order valence-electron chi connectivity index (χ3n) is 7.49. The molecule has 1 atom stereocenters. The SMILES string of the molecule is CSc1ccc(S(=O)(=O)N(CC(=O)N(Cc2ccc(C)cc2)[C@H](Cc2ccccc2)C(=O)NC(C)(C)C)c2ccc(C)cc2)cc1. The number of carbonyl (C=O) groups excluding carboxylic acids is 2. The van der Waals surface area contributed by atoms with E-state index in [-0.39, 0.29) is 23.8 Å². The van der Waals surface area contributed by atoms with E-state index < -0.39 is 34.1 Å². The van der Waals surface area contributed by atoms with Crippen LogP contribution in [-0.2, 0) is 32.6 Å². The van der Waals surface area contributed by atoms with Crippen molar-refractivity contribution in [2.45, 2.75) is 69.0 Å². The van der Waals surface area contributed by atoms with Crippen LogP contribution in [-0.4, -0.2) is 49.5 Å². The average Bonchev–Trinajstić information content (AvgIpc) is 3.02. The van der Waals surface area contributed by atoms with E-state index in [9.17, 15) is 18.0 Å². The van der Waals surface area contributed by atoms with Gasteiger partial charge in [-0.15, -0.1) is 11.8 Å². The van der Waals surface area contributed by atoms with Gasteiger partial charge in [0.25, 0.3) is 10.0 Å². The Morgan fingerprint density at radius 1 is 0.783 bits per heavy atom. The highest BCUT2D eigenvalue weighted by molar-refractivity contribution is 7.98. The Labute approximate surface area is 278 Å². The first-order valence-electron chi connectivity index (χ1n) is 15.2. The van der Waals surface area contributed by atoms with Crippen LogP contribution in [0.5, 0.6) is 0 Å². The lowest BCUT2D eigenvalue weighted by Gasteiger charge is -2.35. The summed E-state index contributed by atoms with van der Waals surface area (Å²) in [6.07, 6.45) is 2.18. The number of nitrogens with zero attached hydrogens (tertiary/aromatic N) is 2. The molecule has 1 N–H and O–H groups in total. The molecule has 4 aromatic rings. The molecule has 0 aliphatic rings. The average molecular weight is 658 g/mol. The second-order valence-corrected chi connectivity index (χ2v) is 15.2. The molecule has 9 heteroatoms. The van der Waals surface area contributed by atoms with Crippen LogP contribution >= 0.6 is 11.8 Å². The number of rotatable bonds is 12. The van der Waals surface area contributed by atoms with Crippen molar-refractivity contribution in [1.82, 2.24) is 10.2 Å². The number of nitrogens with one attached hydrogen (secondary N) is 1. The Morgan fingerprint density at radius 2 is 1.35 bits per heavy atom. The van der Waals surface area contributed by atoms with Crippen molar-refractivity contribution in [1.29, 1.82) is 0 Å². The maximum Gasteiger partial charge on any atom is 0.264 e. The minimum atomic E-state index is -4.16. The number of hydrogen-bond acceptors (Lipinski definition) is 5. The topological polar surface area (TPSA) is 86.8 Å². The number of aryl methyl sites for hydroxylation is 2. The Morgan fingerprint density at radius 3 is 1.89 bits per heavy atom. The Bertz CT molecular complexity index is 1720. The highest BCUT2D eigenvalue weighted by Crippen LogP contribution is 2.27. The molecule has 0 bridgehead atoms. The lowest BCUT2D eigenvalue weighted by atomic mass is 10.0. The van der Waals surface area contributed by atoms with Crippen LogP contribution in [0.2, 0.25) is 0 Å². The van der Waals surface area contributed by atoms with Gasteiger partial charge in [-0.3, -0.25) is 13.9 Å². The van der Waals surface area contributed by atoms with E-state index in [1.54, 1.807) is 36.4 Å². The van der Waals surface area contributed by atoms with Gasteiger partial charge in [0.1, 0.15) is 12.6 Å². The fraction of sp³-hybridized carbons (Fsp3) is 0.297. The van der Waals surface area contributed by atoms with E-state index in [0.29, 0.717) is 5.69 Å². The van der Waals surface area contributed by atoms with Crippen molar-refractivity contribution in [3.8, 4) is 0 Å². The normalized spacial score (nSPS) is 12.3. The molecule has 4 aromatic carbocycles. The second-order valence-electron chi connectivity index (χ2n) is 12.5. The molecule has 0 radical (unpaired) electrons. The van der Waals surface area contributed by atoms with Crippen molar-refractivity contribution in [2.24, 2.45) is 0 Å². The minimum Gasteiger partial charge on any atom is -0.350 e. The number of benzene rings is 4. The molecule has 0 saturated carbocycles. The molecule has 0 aliphatic heterocycles. The number of carbonyl (C=O) groups is 2. The van der Waals surface area contributed by atoms with Gasteiger partial charge in [0, 0.05) is 23.4 Å².